The van der Waals surface area contributed by atoms with Gasteiger partial charge >= 0.3 is 5.97 Å². The number of carboxylic acids is 1. The molecule has 3 aromatic carbocycles. The quantitative estimate of drug-likeness (QED) is 0.320. The summed E-state index contributed by atoms with van der Waals surface area (Å²) in [5.74, 6) is -1.54. The number of aliphatic carboxylic acids is 1. The zero-order valence-corrected chi connectivity index (χ0v) is 18.4. The Morgan fingerprint density at radius 3 is 2.38 bits per heavy atom. The number of aromatic amines is 1. The van der Waals surface area contributed by atoms with Crippen LogP contribution in [-0.4, -0.2) is 41.0 Å². The molecule has 34 heavy (non-hydrogen) atoms. The maximum Gasteiger partial charge on any atom is 0.326 e. The fourth-order valence-corrected chi connectivity index (χ4v) is 3.68. The Labute approximate surface area is 195 Å². The number of methoxy groups -OCH3 is 1. The molecule has 172 valence electrons. The second kappa shape index (κ2) is 9.91. The Balaban J connectivity index is 1.51. The fourth-order valence-electron chi connectivity index (χ4n) is 3.68. The molecule has 0 aliphatic rings. The molecule has 0 saturated carbocycles. The minimum absolute atomic E-state index is 0.103. The van der Waals surface area contributed by atoms with Crippen molar-refractivity contribution in [3.05, 3.63) is 95.7 Å². The summed E-state index contributed by atoms with van der Waals surface area (Å²) in [6.45, 7) is 0. The maximum absolute atomic E-state index is 13.0. The van der Waals surface area contributed by atoms with Crippen LogP contribution in [0.3, 0.4) is 0 Å². The average Bonchev–Trinajstić information content (AvgIpc) is 3.26. The van der Waals surface area contributed by atoms with Crippen LogP contribution in [0.1, 0.15) is 26.3 Å². The van der Waals surface area contributed by atoms with Crippen LogP contribution >= 0.6 is 0 Å². The van der Waals surface area contributed by atoms with Crippen molar-refractivity contribution in [2.75, 3.05) is 12.4 Å². The van der Waals surface area contributed by atoms with Crippen LogP contribution in [0.4, 0.5) is 5.69 Å². The number of hydrogen-bond donors (Lipinski definition) is 4. The first-order valence-corrected chi connectivity index (χ1v) is 10.6. The van der Waals surface area contributed by atoms with E-state index in [0.29, 0.717) is 11.3 Å². The van der Waals surface area contributed by atoms with Gasteiger partial charge in [0.1, 0.15) is 11.8 Å². The number of fused-ring (bicyclic) bond motifs is 1. The van der Waals surface area contributed by atoms with E-state index < -0.39 is 23.8 Å². The van der Waals surface area contributed by atoms with Gasteiger partial charge in [-0.05, 0) is 48.0 Å². The molecule has 1 aromatic heterocycles. The number of carbonyl (C=O) groups excluding carboxylic acids is 2. The smallest absolute Gasteiger partial charge is 0.326 e. The van der Waals surface area contributed by atoms with E-state index in [4.69, 9.17) is 4.74 Å². The largest absolute Gasteiger partial charge is 0.497 e. The highest BCUT2D eigenvalue weighted by Crippen LogP contribution is 2.21. The number of aromatic nitrogens is 1. The number of benzene rings is 3. The van der Waals surface area contributed by atoms with Gasteiger partial charge < -0.3 is 25.5 Å². The van der Waals surface area contributed by atoms with Gasteiger partial charge in [0, 0.05) is 29.1 Å². The Kier molecular flexibility index (Phi) is 6.59. The second-order valence-corrected chi connectivity index (χ2v) is 7.66. The number of nitrogens with one attached hydrogen (secondary N) is 3. The molecule has 0 fully saturated rings. The van der Waals surface area contributed by atoms with Gasteiger partial charge in [-0.2, -0.15) is 0 Å². The highest BCUT2D eigenvalue weighted by atomic mass is 16.5. The first-order valence-electron chi connectivity index (χ1n) is 10.6. The molecule has 0 radical (unpaired) electrons. The summed E-state index contributed by atoms with van der Waals surface area (Å²) in [6.07, 6.45) is 1.85. The van der Waals surface area contributed by atoms with Crippen LogP contribution in [0.5, 0.6) is 5.75 Å². The van der Waals surface area contributed by atoms with Gasteiger partial charge in [0.25, 0.3) is 11.8 Å². The monoisotopic (exact) mass is 457 g/mol. The summed E-state index contributed by atoms with van der Waals surface area (Å²) in [7, 11) is 1.53. The average molecular weight is 457 g/mol. The third-order valence-electron chi connectivity index (χ3n) is 5.47. The van der Waals surface area contributed by atoms with E-state index in [1.165, 1.54) is 13.2 Å². The first-order chi connectivity index (χ1) is 16.5. The predicted octanol–water partition coefficient (Wildman–Crippen LogP) is 3.85. The maximum atomic E-state index is 13.0. The molecule has 0 unspecified atom stereocenters. The summed E-state index contributed by atoms with van der Waals surface area (Å²) in [5, 5.41) is 15.9. The van der Waals surface area contributed by atoms with E-state index in [2.05, 4.69) is 15.6 Å². The number of hydrogen-bond acceptors (Lipinski definition) is 4. The topological polar surface area (TPSA) is 121 Å². The summed E-state index contributed by atoms with van der Waals surface area (Å²) in [4.78, 5) is 40.7. The van der Waals surface area contributed by atoms with Gasteiger partial charge in [-0.15, -0.1) is 0 Å². The van der Waals surface area contributed by atoms with E-state index in [9.17, 15) is 19.5 Å². The SMILES string of the molecule is COc1ccc(C(=O)Nc2ccccc2C(=O)N[C@H](Cc2c[nH]c3ccccc23)C(=O)O)cc1. The lowest BCUT2D eigenvalue weighted by Gasteiger charge is -2.16. The van der Waals surface area contributed by atoms with Crippen LogP contribution in [-0.2, 0) is 11.2 Å². The van der Waals surface area contributed by atoms with E-state index in [0.717, 1.165) is 16.5 Å². The zero-order valence-electron chi connectivity index (χ0n) is 18.4. The van der Waals surface area contributed by atoms with Gasteiger partial charge in [-0.25, -0.2) is 4.79 Å². The van der Waals surface area contributed by atoms with E-state index in [1.54, 1.807) is 48.7 Å². The Hall–Kier alpha value is -4.59. The highest BCUT2D eigenvalue weighted by molar-refractivity contribution is 6.09. The molecule has 0 aliphatic carbocycles. The molecule has 1 heterocycles. The van der Waals surface area contributed by atoms with Crippen LogP contribution < -0.4 is 15.4 Å². The van der Waals surface area contributed by atoms with E-state index in [1.807, 2.05) is 24.3 Å². The lowest BCUT2D eigenvalue weighted by molar-refractivity contribution is -0.139. The van der Waals surface area contributed by atoms with Crippen LogP contribution in [0.25, 0.3) is 10.9 Å². The molecule has 4 N–H and O–H groups in total. The lowest BCUT2D eigenvalue weighted by Crippen LogP contribution is -2.42. The summed E-state index contributed by atoms with van der Waals surface area (Å²) in [6, 6.07) is 19.4. The number of amides is 2. The molecule has 0 bridgehead atoms. The Bertz CT molecular complexity index is 1340. The van der Waals surface area contributed by atoms with Gasteiger partial charge in [0.2, 0.25) is 0 Å². The number of rotatable bonds is 8. The van der Waals surface area contributed by atoms with Gasteiger partial charge in [-0.1, -0.05) is 30.3 Å². The highest BCUT2D eigenvalue weighted by Gasteiger charge is 2.24. The zero-order chi connectivity index (χ0) is 24.1. The van der Waals surface area contributed by atoms with Crippen molar-refractivity contribution >= 4 is 34.4 Å². The van der Waals surface area contributed by atoms with Crippen molar-refractivity contribution in [3.8, 4) is 5.75 Å². The number of ether oxygens (including phenoxy) is 1. The minimum Gasteiger partial charge on any atom is -0.497 e. The van der Waals surface area contributed by atoms with Crippen molar-refractivity contribution in [3.63, 3.8) is 0 Å². The predicted molar refractivity (Wildman–Crippen MR) is 128 cm³/mol. The standard InChI is InChI=1S/C26H23N3O5/c1-34-18-12-10-16(11-13-18)24(30)28-22-9-5-3-7-20(22)25(31)29-23(26(32)33)14-17-15-27-21-8-4-2-6-19(17)21/h2-13,15,23,27H,14H2,1H3,(H,28,30)(H,29,31)(H,32,33)/t23-/m1/s1. The first kappa shape index (κ1) is 22.6. The third kappa shape index (κ3) is 4.91. The Morgan fingerprint density at radius 1 is 0.941 bits per heavy atom. The van der Waals surface area contributed by atoms with E-state index >= 15 is 0 Å². The second-order valence-electron chi connectivity index (χ2n) is 7.66. The number of anilines is 1. The normalized spacial score (nSPS) is 11.6. The molecule has 1 atom stereocenters. The molecule has 4 rings (SSSR count). The molecular formula is C26H23N3O5. The minimum atomic E-state index is -1.16. The third-order valence-corrected chi connectivity index (χ3v) is 5.47. The molecule has 4 aromatic rings. The number of carbonyl (C=O) groups is 3. The number of H-pyrrole nitrogens is 1. The van der Waals surface area contributed by atoms with Gasteiger partial charge in [0.05, 0.1) is 18.4 Å². The number of para-hydroxylation sites is 2. The van der Waals surface area contributed by atoms with Crippen LogP contribution in [0, 0.1) is 0 Å². The van der Waals surface area contributed by atoms with Crippen molar-refractivity contribution in [1.82, 2.24) is 10.3 Å². The summed E-state index contributed by atoms with van der Waals surface area (Å²) < 4.78 is 5.10. The lowest BCUT2D eigenvalue weighted by atomic mass is 10.0. The Morgan fingerprint density at radius 2 is 1.65 bits per heavy atom. The van der Waals surface area contributed by atoms with Crippen molar-refractivity contribution in [2.45, 2.75) is 12.5 Å². The molecule has 8 nitrogen and oxygen atoms in total. The molecular weight excluding hydrogens is 434 g/mol. The molecule has 0 spiro atoms. The van der Waals surface area contributed by atoms with Gasteiger partial charge in [0.15, 0.2) is 0 Å². The molecule has 8 heteroatoms. The fraction of sp³-hybridized carbons (Fsp3) is 0.115. The van der Waals surface area contributed by atoms with Crippen molar-refractivity contribution in [1.29, 1.82) is 0 Å². The number of carboxylic acid groups (broad SMARTS) is 1. The summed E-state index contributed by atoms with van der Waals surface area (Å²) >= 11 is 0. The van der Waals surface area contributed by atoms with Crippen molar-refractivity contribution < 1.29 is 24.2 Å². The van der Waals surface area contributed by atoms with Crippen LogP contribution in [0.15, 0.2) is 79.0 Å². The van der Waals surface area contributed by atoms with Gasteiger partial charge in [-0.3, -0.25) is 9.59 Å². The molecule has 2 amide bonds. The summed E-state index contributed by atoms with van der Waals surface area (Å²) in [5.41, 5.74) is 2.49. The van der Waals surface area contributed by atoms with Crippen molar-refractivity contribution in [2.24, 2.45) is 0 Å². The van der Waals surface area contributed by atoms with E-state index in [-0.39, 0.29) is 17.7 Å². The van der Waals surface area contributed by atoms with Crippen LogP contribution in [0.2, 0.25) is 0 Å². The molecule has 0 aliphatic heterocycles. The molecule has 0 saturated heterocycles.